The standard InChI is InChI=1S/C15H11BrFN5/c16-10-7-9-8-19-15(20-12-4-2-1-3-11(12)17)21-13(9)22-6-5-18-14(10)22/h1-4,7-8H,5-6H2,(H,19,20,21). The lowest BCUT2D eigenvalue weighted by atomic mass is 10.2. The average Bonchev–Trinajstić information content (AvgIpc) is 3.01. The minimum absolute atomic E-state index is 0.338. The van der Waals surface area contributed by atoms with E-state index in [0.29, 0.717) is 11.6 Å². The number of benzene rings is 1. The van der Waals surface area contributed by atoms with Crippen LogP contribution in [0.2, 0.25) is 0 Å². The summed E-state index contributed by atoms with van der Waals surface area (Å²) in [4.78, 5) is 15.3. The van der Waals surface area contributed by atoms with Gasteiger partial charge in [-0.25, -0.2) is 9.37 Å². The summed E-state index contributed by atoms with van der Waals surface area (Å²) in [5, 5.41) is 2.92. The molecule has 0 radical (unpaired) electrons. The van der Waals surface area contributed by atoms with E-state index < -0.39 is 0 Å². The molecule has 5 nitrogen and oxygen atoms in total. The number of hydrogen-bond acceptors (Lipinski definition) is 5. The maximum atomic E-state index is 13.7. The number of amidine groups is 1. The number of aliphatic imine (C=N–C) groups is 1. The maximum absolute atomic E-state index is 13.7. The van der Waals surface area contributed by atoms with Gasteiger partial charge in [-0.3, -0.25) is 4.99 Å². The second-order valence-electron chi connectivity index (χ2n) is 4.93. The summed E-state index contributed by atoms with van der Waals surface area (Å²) in [7, 11) is 0. The van der Waals surface area contributed by atoms with Crippen LogP contribution in [0.3, 0.4) is 0 Å². The van der Waals surface area contributed by atoms with E-state index in [1.807, 2.05) is 11.0 Å². The van der Waals surface area contributed by atoms with Crippen molar-refractivity contribution >= 4 is 45.3 Å². The third-order valence-corrected chi connectivity index (χ3v) is 4.09. The number of halogens is 2. The molecule has 110 valence electrons. The molecule has 0 atom stereocenters. The minimum Gasteiger partial charge on any atom is -0.322 e. The Bertz CT molecular complexity index is 817. The molecule has 0 fully saturated rings. The largest absolute Gasteiger partial charge is 0.322 e. The van der Waals surface area contributed by atoms with Gasteiger partial charge in [0.05, 0.1) is 16.7 Å². The molecule has 2 aliphatic heterocycles. The average molecular weight is 360 g/mol. The fourth-order valence-electron chi connectivity index (χ4n) is 2.50. The number of hydrogen-bond donors (Lipinski definition) is 1. The molecule has 0 saturated heterocycles. The van der Waals surface area contributed by atoms with Crippen LogP contribution in [0.25, 0.3) is 6.08 Å². The van der Waals surface area contributed by atoms with Crippen molar-refractivity contribution in [2.24, 2.45) is 4.99 Å². The molecule has 0 saturated carbocycles. The van der Waals surface area contributed by atoms with E-state index >= 15 is 0 Å². The molecule has 1 aromatic carbocycles. The minimum atomic E-state index is -0.338. The van der Waals surface area contributed by atoms with Gasteiger partial charge in [-0.2, -0.15) is 4.98 Å². The Morgan fingerprint density at radius 2 is 2.14 bits per heavy atom. The number of aromatic nitrogens is 2. The van der Waals surface area contributed by atoms with Crippen molar-refractivity contribution in [3.05, 3.63) is 46.3 Å². The van der Waals surface area contributed by atoms with Gasteiger partial charge in [-0.05, 0) is 34.1 Å². The van der Waals surface area contributed by atoms with Gasteiger partial charge in [0.25, 0.3) is 0 Å². The molecule has 1 N–H and O–H groups in total. The number of fused-ring (bicyclic) bond motifs is 3. The zero-order valence-electron chi connectivity index (χ0n) is 11.4. The first-order valence-electron chi connectivity index (χ1n) is 6.80. The van der Waals surface area contributed by atoms with Crippen LogP contribution >= 0.6 is 15.9 Å². The predicted octanol–water partition coefficient (Wildman–Crippen LogP) is 3.33. The van der Waals surface area contributed by atoms with Gasteiger partial charge >= 0.3 is 0 Å². The van der Waals surface area contributed by atoms with Gasteiger partial charge in [0.2, 0.25) is 5.95 Å². The number of para-hydroxylation sites is 1. The highest BCUT2D eigenvalue weighted by Gasteiger charge is 2.28. The highest BCUT2D eigenvalue weighted by atomic mass is 79.9. The van der Waals surface area contributed by atoms with E-state index in [0.717, 1.165) is 34.8 Å². The van der Waals surface area contributed by atoms with E-state index in [2.05, 4.69) is 36.2 Å². The maximum Gasteiger partial charge on any atom is 0.229 e. The Morgan fingerprint density at radius 3 is 3.00 bits per heavy atom. The van der Waals surface area contributed by atoms with Crippen LogP contribution in [0.1, 0.15) is 5.56 Å². The van der Waals surface area contributed by atoms with Gasteiger partial charge in [-0.15, -0.1) is 0 Å². The molecular formula is C15H11BrFN5. The van der Waals surface area contributed by atoms with Crippen molar-refractivity contribution < 1.29 is 4.39 Å². The van der Waals surface area contributed by atoms with Gasteiger partial charge in [-0.1, -0.05) is 12.1 Å². The van der Waals surface area contributed by atoms with Crippen molar-refractivity contribution in [3.8, 4) is 0 Å². The summed E-state index contributed by atoms with van der Waals surface area (Å²) < 4.78 is 14.6. The number of nitrogens with one attached hydrogen (secondary N) is 1. The Kier molecular flexibility index (Phi) is 3.15. The number of nitrogens with zero attached hydrogens (tertiary/aromatic N) is 4. The normalized spacial score (nSPS) is 15.8. The predicted molar refractivity (Wildman–Crippen MR) is 88.3 cm³/mol. The van der Waals surface area contributed by atoms with Crippen molar-refractivity contribution in [1.29, 1.82) is 0 Å². The van der Waals surface area contributed by atoms with E-state index in [-0.39, 0.29) is 5.82 Å². The summed E-state index contributed by atoms with van der Waals surface area (Å²) in [5.74, 6) is 1.69. The van der Waals surface area contributed by atoms with Gasteiger partial charge < -0.3 is 10.2 Å². The molecule has 22 heavy (non-hydrogen) atoms. The van der Waals surface area contributed by atoms with Crippen LogP contribution in [-0.2, 0) is 0 Å². The van der Waals surface area contributed by atoms with Crippen LogP contribution in [0.5, 0.6) is 0 Å². The zero-order chi connectivity index (χ0) is 15.1. The Labute approximate surface area is 134 Å². The number of anilines is 3. The molecule has 3 heterocycles. The summed E-state index contributed by atoms with van der Waals surface area (Å²) in [6.45, 7) is 1.51. The van der Waals surface area contributed by atoms with Crippen LogP contribution in [-0.4, -0.2) is 28.9 Å². The van der Waals surface area contributed by atoms with Gasteiger partial charge in [0.1, 0.15) is 17.5 Å². The van der Waals surface area contributed by atoms with Crippen LogP contribution < -0.4 is 10.2 Å². The van der Waals surface area contributed by atoms with E-state index in [1.54, 1.807) is 24.4 Å². The quantitative estimate of drug-likeness (QED) is 0.893. The smallest absolute Gasteiger partial charge is 0.229 e. The van der Waals surface area contributed by atoms with Crippen molar-refractivity contribution in [1.82, 2.24) is 9.97 Å². The second-order valence-corrected chi connectivity index (χ2v) is 5.78. The molecule has 2 aliphatic rings. The Morgan fingerprint density at radius 1 is 1.27 bits per heavy atom. The van der Waals surface area contributed by atoms with Crippen molar-refractivity contribution in [2.75, 3.05) is 23.3 Å². The molecular weight excluding hydrogens is 349 g/mol. The fourth-order valence-corrected chi connectivity index (χ4v) is 3.09. The first kappa shape index (κ1) is 13.4. The van der Waals surface area contributed by atoms with Crippen molar-refractivity contribution in [3.63, 3.8) is 0 Å². The summed E-state index contributed by atoms with van der Waals surface area (Å²) in [6.07, 6.45) is 3.67. The van der Waals surface area contributed by atoms with E-state index in [4.69, 9.17) is 0 Å². The Hall–Kier alpha value is -2.28. The van der Waals surface area contributed by atoms with Crippen LogP contribution in [0.15, 0.2) is 39.9 Å². The molecule has 1 aromatic heterocycles. The molecule has 2 aromatic rings. The lowest BCUT2D eigenvalue weighted by Crippen LogP contribution is -2.31. The van der Waals surface area contributed by atoms with Crippen molar-refractivity contribution in [2.45, 2.75) is 0 Å². The van der Waals surface area contributed by atoms with E-state index in [9.17, 15) is 4.39 Å². The third kappa shape index (κ3) is 2.18. The molecule has 4 rings (SSSR count). The highest BCUT2D eigenvalue weighted by molar-refractivity contribution is 9.12. The summed E-state index contributed by atoms with van der Waals surface area (Å²) >= 11 is 3.51. The first-order chi connectivity index (χ1) is 10.7. The van der Waals surface area contributed by atoms with Gasteiger partial charge in [0.15, 0.2) is 0 Å². The monoisotopic (exact) mass is 359 g/mol. The molecule has 0 amide bonds. The fraction of sp³-hybridized carbons (Fsp3) is 0.133. The Balaban J connectivity index is 1.72. The SMILES string of the molecule is Fc1ccccc1Nc1ncc2c(n1)N1CCN=C1C(Br)=C2. The van der Waals surface area contributed by atoms with Crippen LogP contribution in [0.4, 0.5) is 21.8 Å². The molecule has 0 unspecified atom stereocenters. The van der Waals surface area contributed by atoms with E-state index in [1.165, 1.54) is 6.07 Å². The van der Waals surface area contributed by atoms with Crippen LogP contribution in [0, 0.1) is 5.82 Å². The van der Waals surface area contributed by atoms with Gasteiger partial charge in [0, 0.05) is 18.3 Å². The number of rotatable bonds is 2. The molecule has 0 aliphatic carbocycles. The summed E-state index contributed by atoms with van der Waals surface area (Å²) in [5.41, 5.74) is 1.26. The zero-order valence-corrected chi connectivity index (χ0v) is 13.0. The summed E-state index contributed by atoms with van der Waals surface area (Å²) in [6, 6.07) is 6.45. The first-order valence-corrected chi connectivity index (χ1v) is 7.60. The molecule has 0 bridgehead atoms. The highest BCUT2D eigenvalue weighted by Crippen LogP contribution is 2.33. The lowest BCUT2D eigenvalue weighted by Gasteiger charge is -2.25. The molecule has 0 spiro atoms. The lowest BCUT2D eigenvalue weighted by molar-refractivity contribution is 0.631. The third-order valence-electron chi connectivity index (χ3n) is 3.51. The molecule has 7 heteroatoms. The second kappa shape index (κ2) is 5.17. The topological polar surface area (TPSA) is 53.4 Å².